The van der Waals surface area contributed by atoms with Crippen LogP contribution in [0.2, 0.25) is 0 Å². The Morgan fingerprint density at radius 2 is 2.00 bits per heavy atom. The Kier molecular flexibility index (Phi) is 7.65. The van der Waals surface area contributed by atoms with Crippen LogP contribution < -0.4 is 15.4 Å². The molecular formula is C23H27N3O2. The summed E-state index contributed by atoms with van der Waals surface area (Å²) in [6, 6.07) is 15.5. The van der Waals surface area contributed by atoms with Crippen LogP contribution in [0.25, 0.3) is 0 Å². The van der Waals surface area contributed by atoms with E-state index in [4.69, 9.17) is 4.74 Å². The van der Waals surface area contributed by atoms with Gasteiger partial charge >= 0.3 is 0 Å². The lowest BCUT2D eigenvalue weighted by molar-refractivity contribution is -0.117. The Hall–Kier alpha value is -3.26. The van der Waals surface area contributed by atoms with Gasteiger partial charge < -0.3 is 15.4 Å². The molecule has 0 aliphatic carbocycles. The van der Waals surface area contributed by atoms with E-state index in [0.29, 0.717) is 13.2 Å². The van der Waals surface area contributed by atoms with Crippen LogP contribution in [0.1, 0.15) is 42.1 Å². The Morgan fingerprint density at radius 3 is 2.68 bits per heavy atom. The van der Waals surface area contributed by atoms with E-state index in [0.717, 1.165) is 28.0 Å². The molecule has 1 unspecified atom stereocenters. The van der Waals surface area contributed by atoms with Crippen molar-refractivity contribution in [3.8, 4) is 11.8 Å². The Labute approximate surface area is 167 Å². The Bertz CT molecular complexity index is 897. The van der Waals surface area contributed by atoms with Crippen molar-refractivity contribution in [2.45, 2.75) is 40.3 Å². The monoisotopic (exact) mass is 377 g/mol. The predicted molar refractivity (Wildman–Crippen MR) is 111 cm³/mol. The van der Waals surface area contributed by atoms with Gasteiger partial charge in [0.2, 0.25) is 0 Å². The van der Waals surface area contributed by atoms with Crippen LogP contribution in [-0.2, 0) is 11.3 Å². The highest BCUT2D eigenvalue weighted by molar-refractivity contribution is 5.97. The molecule has 0 bridgehead atoms. The zero-order chi connectivity index (χ0) is 20.5. The minimum Gasteiger partial charge on any atom is -0.494 e. The molecular weight excluding hydrogens is 350 g/mol. The molecule has 5 heteroatoms. The van der Waals surface area contributed by atoms with Crippen molar-refractivity contribution >= 4 is 5.91 Å². The van der Waals surface area contributed by atoms with Crippen molar-refractivity contribution in [3.63, 3.8) is 0 Å². The molecule has 5 nitrogen and oxygen atoms in total. The van der Waals surface area contributed by atoms with Crippen LogP contribution in [0.5, 0.6) is 5.75 Å². The molecule has 0 heterocycles. The number of carbonyl (C=O) groups excluding carboxylic acids is 1. The van der Waals surface area contributed by atoms with Gasteiger partial charge in [-0.2, -0.15) is 5.26 Å². The fourth-order valence-electron chi connectivity index (χ4n) is 2.87. The largest absolute Gasteiger partial charge is 0.494 e. The summed E-state index contributed by atoms with van der Waals surface area (Å²) in [6.07, 6.45) is 1.47. The molecule has 2 N–H and O–H groups in total. The van der Waals surface area contributed by atoms with Gasteiger partial charge in [0.05, 0.1) is 12.6 Å². The first-order valence-corrected chi connectivity index (χ1v) is 9.38. The lowest BCUT2D eigenvalue weighted by Crippen LogP contribution is -2.29. The number of amides is 1. The maximum absolute atomic E-state index is 12.5. The van der Waals surface area contributed by atoms with Crippen molar-refractivity contribution in [2.75, 3.05) is 6.61 Å². The number of nitrogens with zero attached hydrogens (tertiary/aromatic N) is 1. The van der Waals surface area contributed by atoms with Crippen LogP contribution in [0.15, 0.2) is 54.2 Å². The zero-order valence-electron chi connectivity index (χ0n) is 16.9. The minimum atomic E-state index is -0.420. The average Bonchev–Trinajstić information content (AvgIpc) is 2.68. The molecule has 0 aromatic heterocycles. The van der Waals surface area contributed by atoms with E-state index in [9.17, 15) is 10.1 Å². The first kappa shape index (κ1) is 21.0. The highest BCUT2D eigenvalue weighted by atomic mass is 16.5. The molecule has 0 radical (unpaired) electrons. The van der Waals surface area contributed by atoms with E-state index in [-0.39, 0.29) is 11.6 Å². The first-order valence-electron chi connectivity index (χ1n) is 9.38. The standard InChI is InChI=1S/C23H27N3O2/c1-5-28-22-11-10-16(2)12-21(22)18(4)26-23(27)20(13-24)15-25-14-19-9-7-6-8-17(19)3/h6-12,15,18,25H,5,14H2,1-4H3,(H,26,27)/b20-15-. The summed E-state index contributed by atoms with van der Waals surface area (Å²) in [5.74, 6) is 0.317. The van der Waals surface area contributed by atoms with Gasteiger partial charge in [0, 0.05) is 18.3 Å². The second-order valence-corrected chi connectivity index (χ2v) is 6.65. The molecule has 0 aliphatic rings. The topological polar surface area (TPSA) is 74.1 Å². The van der Waals surface area contributed by atoms with E-state index >= 15 is 0 Å². The first-order chi connectivity index (χ1) is 13.5. The van der Waals surface area contributed by atoms with Gasteiger partial charge in [0.15, 0.2) is 0 Å². The summed E-state index contributed by atoms with van der Waals surface area (Å²) in [6.45, 7) is 8.91. The van der Waals surface area contributed by atoms with Gasteiger partial charge in [0.25, 0.3) is 5.91 Å². The number of hydrogen-bond acceptors (Lipinski definition) is 4. The number of carbonyl (C=O) groups is 1. The molecule has 2 rings (SSSR count). The lowest BCUT2D eigenvalue weighted by Gasteiger charge is -2.18. The third-order valence-corrected chi connectivity index (χ3v) is 4.44. The summed E-state index contributed by atoms with van der Waals surface area (Å²) >= 11 is 0. The molecule has 2 aromatic carbocycles. The highest BCUT2D eigenvalue weighted by Crippen LogP contribution is 2.26. The number of benzene rings is 2. The van der Waals surface area contributed by atoms with E-state index < -0.39 is 5.91 Å². The Morgan fingerprint density at radius 1 is 1.25 bits per heavy atom. The third kappa shape index (κ3) is 5.62. The number of nitriles is 1. The molecule has 0 saturated heterocycles. The average molecular weight is 377 g/mol. The van der Waals surface area contributed by atoms with Crippen molar-refractivity contribution < 1.29 is 9.53 Å². The van der Waals surface area contributed by atoms with Gasteiger partial charge in [-0.05, 0) is 44.9 Å². The van der Waals surface area contributed by atoms with Crippen LogP contribution >= 0.6 is 0 Å². The van der Waals surface area contributed by atoms with Crippen LogP contribution in [-0.4, -0.2) is 12.5 Å². The lowest BCUT2D eigenvalue weighted by atomic mass is 10.0. The van der Waals surface area contributed by atoms with Crippen molar-refractivity contribution in [1.82, 2.24) is 10.6 Å². The molecule has 2 aromatic rings. The van der Waals surface area contributed by atoms with Gasteiger partial charge in [-0.25, -0.2) is 0 Å². The van der Waals surface area contributed by atoms with Gasteiger partial charge in [-0.3, -0.25) is 4.79 Å². The van der Waals surface area contributed by atoms with Gasteiger partial charge in [0.1, 0.15) is 17.4 Å². The molecule has 0 spiro atoms. The second kappa shape index (κ2) is 10.2. The molecule has 28 heavy (non-hydrogen) atoms. The Balaban J connectivity index is 2.06. The van der Waals surface area contributed by atoms with Gasteiger partial charge in [-0.15, -0.1) is 0 Å². The summed E-state index contributed by atoms with van der Waals surface area (Å²) < 4.78 is 5.66. The maximum atomic E-state index is 12.5. The summed E-state index contributed by atoms with van der Waals surface area (Å²) in [5.41, 5.74) is 4.27. The smallest absolute Gasteiger partial charge is 0.263 e. The maximum Gasteiger partial charge on any atom is 0.263 e. The van der Waals surface area contributed by atoms with Gasteiger partial charge in [-0.1, -0.05) is 42.0 Å². The quantitative estimate of drug-likeness (QED) is 0.537. The van der Waals surface area contributed by atoms with E-state index in [1.807, 2.05) is 76.2 Å². The van der Waals surface area contributed by atoms with E-state index in [2.05, 4.69) is 10.6 Å². The van der Waals surface area contributed by atoms with Crippen LogP contribution in [0, 0.1) is 25.2 Å². The van der Waals surface area contributed by atoms with Crippen molar-refractivity contribution in [3.05, 3.63) is 76.5 Å². The molecule has 0 aliphatic heterocycles. The number of ether oxygens (including phenoxy) is 1. The highest BCUT2D eigenvalue weighted by Gasteiger charge is 2.17. The number of hydrogen-bond donors (Lipinski definition) is 2. The van der Waals surface area contributed by atoms with E-state index in [1.54, 1.807) is 0 Å². The third-order valence-electron chi connectivity index (χ3n) is 4.44. The normalized spacial score (nSPS) is 12.0. The summed E-state index contributed by atoms with van der Waals surface area (Å²) in [4.78, 5) is 12.5. The number of nitrogens with one attached hydrogen (secondary N) is 2. The van der Waals surface area contributed by atoms with E-state index in [1.165, 1.54) is 6.20 Å². The fraction of sp³-hybridized carbons (Fsp3) is 0.304. The summed E-state index contributed by atoms with van der Waals surface area (Å²) in [7, 11) is 0. The number of rotatable bonds is 8. The summed E-state index contributed by atoms with van der Waals surface area (Å²) in [5, 5.41) is 15.3. The SMILES string of the molecule is CCOc1ccc(C)cc1C(C)NC(=O)/C(C#N)=C\NCc1ccccc1C. The molecule has 146 valence electrons. The molecule has 0 saturated carbocycles. The van der Waals surface area contributed by atoms with Crippen molar-refractivity contribution in [2.24, 2.45) is 0 Å². The van der Waals surface area contributed by atoms with Crippen LogP contribution in [0.4, 0.5) is 0 Å². The zero-order valence-corrected chi connectivity index (χ0v) is 16.9. The molecule has 1 amide bonds. The van der Waals surface area contributed by atoms with Crippen molar-refractivity contribution in [1.29, 1.82) is 5.26 Å². The second-order valence-electron chi connectivity index (χ2n) is 6.65. The number of aryl methyl sites for hydroxylation is 2. The minimum absolute atomic E-state index is 0.0334. The molecule has 1 atom stereocenters. The predicted octanol–water partition coefficient (Wildman–Crippen LogP) is 4.08. The fourth-order valence-corrected chi connectivity index (χ4v) is 2.87. The van der Waals surface area contributed by atoms with Crippen LogP contribution in [0.3, 0.4) is 0 Å². The molecule has 0 fully saturated rings.